The highest BCUT2D eigenvalue weighted by Gasteiger charge is 2.29. The molecule has 1 saturated carbocycles. The minimum Gasteiger partial charge on any atom is -0.356 e. The number of aromatic nitrogens is 4. The molecule has 2 atom stereocenters. The molecule has 9 heteroatoms. The molecule has 1 fully saturated rings. The Morgan fingerprint density at radius 1 is 1.15 bits per heavy atom. The van der Waals surface area contributed by atoms with Crippen molar-refractivity contribution in [2.45, 2.75) is 37.8 Å². The maximum Gasteiger partial charge on any atom is 0.267 e. The molecule has 3 aromatic heterocycles. The fourth-order valence-corrected chi connectivity index (χ4v) is 5.06. The monoisotopic (exact) mass is 520 g/mol. The summed E-state index contributed by atoms with van der Waals surface area (Å²) in [4.78, 5) is 37.3. The van der Waals surface area contributed by atoms with Crippen LogP contribution < -0.4 is 10.6 Å². The number of amides is 2. The molecular weight excluding hydrogens is 496 g/mol. The molecule has 1 aliphatic carbocycles. The third kappa shape index (κ3) is 4.35. The van der Waals surface area contributed by atoms with E-state index in [2.05, 4.69) is 41.1 Å². The zero-order valence-electron chi connectivity index (χ0n) is 18.7. The summed E-state index contributed by atoms with van der Waals surface area (Å²) in [6.45, 7) is 0. The average Bonchev–Trinajstić information content (AvgIpc) is 3.47. The van der Waals surface area contributed by atoms with Crippen LogP contribution in [0.1, 0.15) is 52.6 Å². The number of carbonyl (C=O) groups is 2. The van der Waals surface area contributed by atoms with E-state index >= 15 is 0 Å². The van der Waals surface area contributed by atoms with Gasteiger partial charge in [0.1, 0.15) is 11.4 Å². The van der Waals surface area contributed by atoms with E-state index in [1.54, 1.807) is 25.5 Å². The molecule has 5 rings (SSSR count). The van der Waals surface area contributed by atoms with Crippen molar-refractivity contribution in [2.24, 2.45) is 0 Å². The van der Waals surface area contributed by atoms with Crippen LogP contribution in [0, 0.1) is 0 Å². The van der Waals surface area contributed by atoms with Gasteiger partial charge in [-0.05, 0) is 78.0 Å². The van der Waals surface area contributed by atoms with Gasteiger partial charge in [-0.1, -0.05) is 6.07 Å². The van der Waals surface area contributed by atoms with Crippen molar-refractivity contribution in [3.05, 3.63) is 70.6 Å². The lowest BCUT2D eigenvalue weighted by Crippen LogP contribution is -2.39. The second-order valence-electron chi connectivity index (χ2n) is 8.53. The van der Waals surface area contributed by atoms with E-state index < -0.39 is 0 Å². The number of nitrogens with zero attached hydrogens (tertiary/aromatic N) is 3. The molecule has 0 aliphatic heterocycles. The number of rotatable bonds is 5. The van der Waals surface area contributed by atoms with Crippen molar-refractivity contribution in [2.75, 3.05) is 7.05 Å². The summed E-state index contributed by atoms with van der Waals surface area (Å²) in [6.07, 6.45) is 7.19. The summed E-state index contributed by atoms with van der Waals surface area (Å²) in [5, 5.41) is 5.86. The van der Waals surface area contributed by atoms with Crippen molar-refractivity contribution in [3.63, 3.8) is 0 Å². The Kier molecular flexibility index (Phi) is 6.19. The van der Waals surface area contributed by atoms with Crippen molar-refractivity contribution in [1.82, 2.24) is 30.2 Å². The minimum atomic E-state index is -0.146. The number of nitrogens with one attached hydrogen (secondary N) is 3. The number of hydrogen-bond acceptors (Lipinski definition) is 4. The lowest BCUT2D eigenvalue weighted by molar-refractivity contribution is 0.0915. The first-order valence-electron chi connectivity index (χ1n) is 11.3. The number of imidazole rings is 1. The van der Waals surface area contributed by atoms with Crippen LogP contribution in [-0.4, -0.2) is 44.4 Å². The minimum absolute atomic E-state index is 0.0486. The average molecular weight is 521 g/mol. The van der Waals surface area contributed by atoms with Crippen LogP contribution in [0.25, 0.3) is 22.6 Å². The number of halogens is 1. The van der Waals surface area contributed by atoms with Gasteiger partial charge in [0, 0.05) is 41.6 Å². The van der Waals surface area contributed by atoms with Crippen LogP contribution >= 0.6 is 15.9 Å². The maximum atomic E-state index is 12.7. The molecule has 3 N–H and O–H groups in total. The molecule has 3 heterocycles. The topological polar surface area (TPSA) is 105 Å². The van der Waals surface area contributed by atoms with Crippen LogP contribution in [0.4, 0.5) is 0 Å². The van der Waals surface area contributed by atoms with Gasteiger partial charge in [0.05, 0.1) is 11.0 Å². The standard InChI is InChI=1S/C25H25BrN6O2/c1-27-24(33)15-8-9-22-20(11-15)31-23(19-7-2-3-10-28-19)32(22)18-6-4-5-17(13-18)30-25(34)21-12-16(26)14-29-21/h2-3,7-12,14,17-18,29H,4-6,13H2,1H3,(H,27,33)(H,30,34). The molecule has 2 amide bonds. The van der Waals surface area contributed by atoms with Crippen molar-refractivity contribution < 1.29 is 9.59 Å². The zero-order valence-corrected chi connectivity index (χ0v) is 20.3. The van der Waals surface area contributed by atoms with Gasteiger partial charge in [-0.25, -0.2) is 4.98 Å². The van der Waals surface area contributed by atoms with Crippen LogP contribution in [-0.2, 0) is 0 Å². The largest absolute Gasteiger partial charge is 0.356 e. The molecule has 0 saturated heterocycles. The van der Waals surface area contributed by atoms with Gasteiger partial charge in [-0.3, -0.25) is 14.6 Å². The lowest BCUT2D eigenvalue weighted by Gasteiger charge is -2.31. The first kappa shape index (κ1) is 22.3. The number of pyridine rings is 1. The first-order valence-corrected chi connectivity index (χ1v) is 12.1. The van der Waals surface area contributed by atoms with Crippen molar-refractivity contribution >= 4 is 38.8 Å². The number of carbonyl (C=O) groups excluding carboxylic acids is 2. The van der Waals surface area contributed by atoms with Gasteiger partial charge in [0.25, 0.3) is 11.8 Å². The highest BCUT2D eigenvalue weighted by atomic mass is 79.9. The van der Waals surface area contributed by atoms with Crippen molar-refractivity contribution in [1.29, 1.82) is 0 Å². The Bertz CT molecular complexity index is 1350. The van der Waals surface area contributed by atoms with Gasteiger partial charge in [0.2, 0.25) is 0 Å². The molecule has 8 nitrogen and oxygen atoms in total. The summed E-state index contributed by atoms with van der Waals surface area (Å²) in [6, 6.07) is 13.3. The van der Waals surface area contributed by atoms with Gasteiger partial charge in [-0.15, -0.1) is 0 Å². The molecule has 174 valence electrons. The van der Waals surface area contributed by atoms with E-state index in [0.29, 0.717) is 11.3 Å². The van der Waals surface area contributed by atoms with E-state index in [1.807, 2.05) is 36.4 Å². The van der Waals surface area contributed by atoms with Crippen LogP contribution in [0.5, 0.6) is 0 Å². The van der Waals surface area contributed by atoms with Crippen LogP contribution in [0.15, 0.2) is 59.3 Å². The molecule has 0 spiro atoms. The summed E-state index contributed by atoms with van der Waals surface area (Å²) >= 11 is 3.38. The molecule has 34 heavy (non-hydrogen) atoms. The third-order valence-electron chi connectivity index (χ3n) is 6.31. The maximum absolute atomic E-state index is 12.7. The van der Waals surface area contributed by atoms with E-state index in [-0.39, 0.29) is 23.9 Å². The SMILES string of the molecule is CNC(=O)c1ccc2c(c1)nc(-c1ccccn1)n2C1CCCC(NC(=O)c2cc(Br)c[nH]2)C1. The number of fused-ring (bicyclic) bond motifs is 1. The first-order chi connectivity index (χ1) is 16.5. The highest BCUT2D eigenvalue weighted by Crippen LogP contribution is 2.36. The van der Waals surface area contributed by atoms with Crippen LogP contribution in [0.2, 0.25) is 0 Å². The molecule has 1 aliphatic rings. The normalized spacial score (nSPS) is 18.1. The fraction of sp³-hybridized carbons (Fsp3) is 0.280. The highest BCUT2D eigenvalue weighted by molar-refractivity contribution is 9.10. The van der Waals surface area contributed by atoms with E-state index in [1.165, 1.54) is 0 Å². The number of aromatic amines is 1. The van der Waals surface area contributed by atoms with Gasteiger partial charge < -0.3 is 20.2 Å². The molecular formula is C25H25BrN6O2. The summed E-state index contributed by atoms with van der Waals surface area (Å²) in [5.41, 5.74) is 3.60. The van der Waals surface area contributed by atoms with E-state index in [4.69, 9.17) is 4.98 Å². The second-order valence-corrected chi connectivity index (χ2v) is 9.44. The predicted molar refractivity (Wildman–Crippen MR) is 134 cm³/mol. The summed E-state index contributed by atoms with van der Waals surface area (Å²) in [7, 11) is 1.62. The number of hydrogen-bond donors (Lipinski definition) is 3. The zero-order chi connectivity index (χ0) is 23.7. The van der Waals surface area contributed by atoms with Crippen LogP contribution in [0.3, 0.4) is 0 Å². The molecule has 0 radical (unpaired) electrons. The molecule has 2 unspecified atom stereocenters. The van der Waals surface area contributed by atoms with E-state index in [0.717, 1.165) is 52.7 Å². The Hall–Kier alpha value is -3.46. The molecule has 4 aromatic rings. The van der Waals surface area contributed by atoms with Gasteiger partial charge in [-0.2, -0.15) is 0 Å². The molecule has 1 aromatic carbocycles. The smallest absolute Gasteiger partial charge is 0.267 e. The summed E-state index contributed by atoms with van der Waals surface area (Å²) < 4.78 is 3.08. The Labute approximate surface area is 205 Å². The fourth-order valence-electron chi connectivity index (χ4n) is 4.72. The predicted octanol–water partition coefficient (Wildman–Crippen LogP) is 4.46. The van der Waals surface area contributed by atoms with E-state index in [9.17, 15) is 9.59 Å². The lowest BCUT2D eigenvalue weighted by atomic mass is 9.90. The molecule has 0 bridgehead atoms. The van der Waals surface area contributed by atoms with Gasteiger partial charge >= 0.3 is 0 Å². The summed E-state index contributed by atoms with van der Waals surface area (Å²) in [5.74, 6) is 0.522. The number of H-pyrrole nitrogens is 1. The Morgan fingerprint density at radius 3 is 2.76 bits per heavy atom. The number of benzene rings is 1. The van der Waals surface area contributed by atoms with Crippen molar-refractivity contribution in [3.8, 4) is 11.5 Å². The quantitative estimate of drug-likeness (QED) is 0.361. The Balaban J connectivity index is 1.49. The van der Waals surface area contributed by atoms with Gasteiger partial charge in [0.15, 0.2) is 5.82 Å². The third-order valence-corrected chi connectivity index (χ3v) is 6.77. The Morgan fingerprint density at radius 2 is 2.03 bits per heavy atom. The second kappa shape index (κ2) is 9.42.